The quantitative estimate of drug-likeness (QED) is 0.618. The average Bonchev–Trinajstić information content (AvgIpc) is 3.01. The first kappa shape index (κ1) is 16.8. The minimum absolute atomic E-state index is 0.165. The van der Waals surface area contributed by atoms with Crippen LogP contribution in [0.5, 0.6) is 0 Å². The summed E-state index contributed by atoms with van der Waals surface area (Å²) in [7, 11) is 0. The highest BCUT2D eigenvalue weighted by Gasteiger charge is 2.30. The van der Waals surface area contributed by atoms with Crippen molar-refractivity contribution in [2.24, 2.45) is 5.92 Å². The molecule has 0 amide bonds. The second kappa shape index (κ2) is 6.44. The van der Waals surface area contributed by atoms with E-state index in [2.05, 4.69) is 6.58 Å². The van der Waals surface area contributed by atoms with Gasteiger partial charge in [0.05, 0.1) is 0 Å². The van der Waals surface area contributed by atoms with E-state index in [1.165, 1.54) is 0 Å². The van der Waals surface area contributed by atoms with Crippen molar-refractivity contribution in [2.45, 2.75) is 52.2 Å². The lowest BCUT2D eigenvalue weighted by atomic mass is 9.87. The molecule has 4 heteroatoms. The number of rotatable bonds is 1. The van der Waals surface area contributed by atoms with Gasteiger partial charge >= 0.3 is 5.97 Å². The summed E-state index contributed by atoms with van der Waals surface area (Å²) in [4.78, 5) is 12.0. The van der Waals surface area contributed by atoms with E-state index in [0.29, 0.717) is 36.4 Å². The van der Waals surface area contributed by atoms with Crippen LogP contribution >= 0.6 is 0 Å². The zero-order chi connectivity index (χ0) is 17.4. The summed E-state index contributed by atoms with van der Waals surface area (Å²) < 4.78 is 11.3. The molecule has 1 aromatic rings. The summed E-state index contributed by atoms with van der Waals surface area (Å²) in [5, 5.41) is 10.8. The number of fused-ring (bicyclic) bond motifs is 3. The van der Waals surface area contributed by atoms with Gasteiger partial charge in [0.2, 0.25) is 0 Å². The van der Waals surface area contributed by atoms with Gasteiger partial charge in [0.15, 0.2) is 0 Å². The third kappa shape index (κ3) is 3.24. The van der Waals surface area contributed by atoms with E-state index < -0.39 is 6.10 Å². The maximum atomic E-state index is 12.0. The summed E-state index contributed by atoms with van der Waals surface area (Å²) in [6.45, 7) is 9.84. The molecule has 24 heavy (non-hydrogen) atoms. The van der Waals surface area contributed by atoms with Crippen LogP contribution in [-0.4, -0.2) is 17.2 Å². The highest BCUT2D eigenvalue weighted by molar-refractivity contribution is 5.90. The number of furan rings is 1. The van der Waals surface area contributed by atoms with Gasteiger partial charge < -0.3 is 14.3 Å². The summed E-state index contributed by atoms with van der Waals surface area (Å²) in [6.07, 6.45) is 4.73. The minimum Gasteiger partial charge on any atom is -0.459 e. The lowest BCUT2D eigenvalue weighted by molar-refractivity contribution is -0.139. The van der Waals surface area contributed by atoms with Gasteiger partial charge in [-0.2, -0.15) is 0 Å². The second-order valence-corrected chi connectivity index (χ2v) is 6.96. The molecule has 3 atom stereocenters. The number of aliphatic hydroxyl groups excluding tert-OH is 1. The van der Waals surface area contributed by atoms with Gasteiger partial charge in [-0.3, -0.25) is 0 Å². The zero-order valence-corrected chi connectivity index (χ0v) is 14.5. The van der Waals surface area contributed by atoms with Crippen molar-refractivity contribution in [3.63, 3.8) is 0 Å². The lowest BCUT2D eigenvalue weighted by Gasteiger charge is -2.22. The Labute approximate surface area is 142 Å². The van der Waals surface area contributed by atoms with Crippen molar-refractivity contribution < 1.29 is 19.1 Å². The number of ether oxygens (including phenoxy) is 1. The zero-order valence-electron chi connectivity index (χ0n) is 14.5. The number of aryl methyl sites for hydroxylation is 1. The Morgan fingerprint density at radius 3 is 2.83 bits per heavy atom. The van der Waals surface area contributed by atoms with E-state index in [0.717, 1.165) is 16.7 Å². The van der Waals surface area contributed by atoms with E-state index >= 15 is 0 Å². The fourth-order valence-electron chi connectivity index (χ4n) is 3.50. The van der Waals surface area contributed by atoms with Crippen molar-refractivity contribution >= 4 is 12.0 Å². The molecule has 3 heterocycles. The molecule has 0 saturated carbocycles. The molecule has 0 fully saturated rings. The Morgan fingerprint density at radius 1 is 1.38 bits per heavy atom. The van der Waals surface area contributed by atoms with Crippen LogP contribution in [0.3, 0.4) is 0 Å². The first-order valence-electron chi connectivity index (χ1n) is 8.37. The smallest absolute Gasteiger partial charge is 0.334 e. The molecule has 4 bridgehead atoms. The fraction of sp³-hybridized carbons (Fsp3) is 0.450. The number of esters is 1. The third-order valence-electron chi connectivity index (χ3n) is 4.80. The van der Waals surface area contributed by atoms with Crippen molar-refractivity contribution in [3.05, 3.63) is 52.5 Å². The van der Waals surface area contributed by atoms with Gasteiger partial charge in [-0.15, -0.1) is 0 Å². The average molecular weight is 328 g/mol. The predicted octanol–water partition coefficient (Wildman–Crippen LogP) is 4.25. The third-order valence-corrected chi connectivity index (χ3v) is 4.80. The molecule has 1 N–H and O–H groups in total. The SMILES string of the molecule is C=C(C)[C@@H]1CCC2=CC(C/C(C)=C\c3cc(C)c(o3)[C@H]1O)OC2=O. The van der Waals surface area contributed by atoms with Crippen molar-refractivity contribution in [1.29, 1.82) is 0 Å². The molecular formula is C20H24O4. The summed E-state index contributed by atoms with van der Waals surface area (Å²) in [5.41, 5.74) is 3.57. The minimum atomic E-state index is -0.764. The molecule has 0 spiro atoms. The van der Waals surface area contributed by atoms with E-state index in [4.69, 9.17) is 9.15 Å². The highest BCUT2D eigenvalue weighted by Crippen LogP contribution is 2.36. The Kier molecular flexibility index (Phi) is 4.50. The van der Waals surface area contributed by atoms with Crippen LogP contribution in [-0.2, 0) is 9.53 Å². The van der Waals surface area contributed by atoms with Gasteiger partial charge in [0.25, 0.3) is 0 Å². The van der Waals surface area contributed by atoms with Crippen LogP contribution in [0.15, 0.2) is 39.9 Å². The van der Waals surface area contributed by atoms with Crippen LogP contribution in [0.2, 0.25) is 0 Å². The molecule has 2 aliphatic heterocycles. The largest absolute Gasteiger partial charge is 0.459 e. The highest BCUT2D eigenvalue weighted by atomic mass is 16.5. The Morgan fingerprint density at radius 2 is 2.12 bits per heavy atom. The maximum absolute atomic E-state index is 12.0. The number of hydrogen-bond acceptors (Lipinski definition) is 4. The molecule has 1 unspecified atom stereocenters. The van der Waals surface area contributed by atoms with Crippen LogP contribution in [0.1, 0.15) is 56.3 Å². The van der Waals surface area contributed by atoms with Gasteiger partial charge in [0.1, 0.15) is 23.7 Å². The Bertz CT molecular complexity index is 735. The first-order chi connectivity index (χ1) is 11.3. The van der Waals surface area contributed by atoms with Crippen molar-refractivity contribution in [1.82, 2.24) is 0 Å². The van der Waals surface area contributed by atoms with Crippen LogP contribution in [0.25, 0.3) is 6.08 Å². The van der Waals surface area contributed by atoms with E-state index in [-0.39, 0.29) is 18.0 Å². The molecule has 128 valence electrons. The van der Waals surface area contributed by atoms with Crippen molar-refractivity contribution in [3.8, 4) is 0 Å². The van der Waals surface area contributed by atoms with Gasteiger partial charge in [0, 0.05) is 17.9 Å². The Balaban J connectivity index is 2.02. The number of carbonyl (C=O) groups is 1. The maximum Gasteiger partial charge on any atom is 0.334 e. The molecule has 0 saturated heterocycles. The molecule has 0 aliphatic carbocycles. The normalized spacial score (nSPS) is 29.5. The Hall–Kier alpha value is -2.07. The summed E-state index contributed by atoms with van der Waals surface area (Å²) in [6, 6.07) is 1.94. The molecule has 3 rings (SSSR count). The number of carbonyl (C=O) groups excluding carboxylic acids is 1. The summed E-state index contributed by atoms with van der Waals surface area (Å²) >= 11 is 0. The fourth-order valence-corrected chi connectivity index (χ4v) is 3.50. The van der Waals surface area contributed by atoms with Crippen LogP contribution in [0.4, 0.5) is 0 Å². The molecule has 2 aliphatic rings. The predicted molar refractivity (Wildman–Crippen MR) is 92.2 cm³/mol. The van der Waals surface area contributed by atoms with Crippen molar-refractivity contribution in [2.75, 3.05) is 0 Å². The first-order valence-corrected chi connectivity index (χ1v) is 8.37. The molecule has 0 radical (unpaired) electrons. The molecule has 4 nitrogen and oxygen atoms in total. The van der Waals surface area contributed by atoms with E-state index in [1.807, 2.05) is 39.0 Å². The van der Waals surface area contributed by atoms with E-state index in [9.17, 15) is 9.90 Å². The lowest BCUT2D eigenvalue weighted by Crippen LogP contribution is -2.15. The molecule has 0 aromatic carbocycles. The molecular weight excluding hydrogens is 304 g/mol. The van der Waals surface area contributed by atoms with Crippen LogP contribution < -0.4 is 0 Å². The molecule has 1 aromatic heterocycles. The second-order valence-electron chi connectivity index (χ2n) is 6.96. The van der Waals surface area contributed by atoms with E-state index in [1.54, 1.807) is 0 Å². The number of hydrogen-bond donors (Lipinski definition) is 1. The summed E-state index contributed by atoms with van der Waals surface area (Å²) in [5.74, 6) is 0.894. The number of aliphatic hydroxyl groups is 1. The van der Waals surface area contributed by atoms with Crippen LogP contribution in [0, 0.1) is 12.8 Å². The van der Waals surface area contributed by atoms with Gasteiger partial charge in [-0.1, -0.05) is 17.7 Å². The van der Waals surface area contributed by atoms with Gasteiger partial charge in [-0.25, -0.2) is 4.79 Å². The van der Waals surface area contributed by atoms with Gasteiger partial charge in [-0.05, 0) is 57.4 Å². The topological polar surface area (TPSA) is 59.7 Å². The monoisotopic (exact) mass is 328 g/mol. The standard InChI is InChI=1S/C20H24O4/c1-11(2)17-6-5-14-10-16(24-20(14)22)8-12(3)7-15-9-13(4)19(23-15)18(17)21/h7,9-10,16-18,21H,1,5-6,8H2,2-4H3/b12-7-/t16?,17-,18-/m0/s1.